The monoisotopic (exact) mass is 184 g/mol. The van der Waals surface area contributed by atoms with Gasteiger partial charge >= 0.3 is 0 Å². The van der Waals surface area contributed by atoms with Crippen molar-refractivity contribution in [2.45, 2.75) is 45.6 Å². The van der Waals surface area contributed by atoms with Gasteiger partial charge in [0.2, 0.25) is 0 Å². The number of hydrogen-bond donors (Lipinski definition) is 2. The van der Waals surface area contributed by atoms with Crippen LogP contribution in [0.2, 0.25) is 0 Å². The van der Waals surface area contributed by atoms with E-state index in [2.05, 4.69) is 19.2 Å². The average Bonchev–Trinajstić information content (AvgIpc) is 2.08. The Morgan fingerprint density at radius 3 is 2.38 bits per heavy atom. The summed E-state index contributed by atoms with van der Waals surface area (Å²) in [5.74, 6) is 1.66. The lowest BCUT2D eigenvalue weighted by molar-refractivity contribution is 0.311. The van der Waals surface area contributed by atoms with Gasteiger partial charge in [-0.15, -0.1) is 0 Å². The molecule has 0 bridgehead atoms. The summed E-state index contributed by atoms with van der Waals surface area (Å²) in [6.45, 7) is 6.86. The van der Waals surface area contributed by atoms with E-state index in [1.54, 1.807) is 0 Å². The van der Waals surface area contributed by atoms with E-state index in [0.717, 1.165) is 18.4 Å². The van der Waals surface area contributed by atoms with Crippen LogP contribution in [0.25, 0.3) is 0 Å². The van der Waals surface area contributed by atoms with Gasteiger partial charge < -0.3 is 11.1 Å². The summed E-state index contributed by atoms with van der Waals surface area (Å²) in [4.78, 5) is 0. The van der Waals surface area contributed by atoms with Gasteiger partial charge in [0.25, 0.3) is 0 Å². The summed E-state index contributed by atoms with van der Waals surface area (Å²) in [5.41, 5.74) is 5.85. The molecule has 2 nitrogen and oxygen atoms in total. The molecule has 0 aliphatic heterocycles. The molecule has 0 heterocycles. The van der Waals surface area contributed by atoms with Crippen molar-refractivity contribution >= 4 is 0 Å². The summed E-state index contributed by atoms with van der Waals surface area (Å²) in [5, 5.41) is 3.53. The predicted octanol–water partition coefficient (Wildman–Crippen LogP) is 1.75. The topological polar surface area (TPSA) is 38.0 Å². The Hall–Kier alpha value is -0.0800. The molecule has 2 heteroatoms. The van der Waals surface area contributed by atoms with Gasteiger partial charge in [0.05, 0.1) is 0 Å². The number of nitrogens with two attached hydrogens (primary N) is 1. The molecule has 0 amide bonds. The van der Waals surface area contributed by atoms with Crippen molar-refractivity contribution in [2.24, 2.45) is 17.6 Å². The molecule has 0 saturated heterocycles. The van der Waals surface area contributed by atoms with Gasteiger partial charge in [-0.05, 0) is 50.6 Å². The van der Waals surface area contributed by atoms with E-state index < -0.39 is 0 Å². The van der Waals surface area contributed by atoms with Gasteiger partial charge in [-0.3, -0.25) is 0 Å². The van der Waals surface area contributed by atoms with E-state index in [-0.39, 0.29) is 0 Å². The normalized spacial score (nSPS) is 29.5. The lowest BCUT2D eigenvalue weighted by Gasteiger charge is -2.26. The van der Waals surface area contributed by atoms with Crippen molar-refractivity contribution in [3.63, 3.8) is 0 Å². The fraction of sp³-hybridized carbons (Fsp3) is 1.00. The van der Waals surface area contributed by atoms with Crippen LogP contribution in [-0.4, -0.2) is 19.1 Å². The van der Waals surface area contributed by atoms with Crippen molar-refractivity contribution in [1.82, 2.24) is 5.32 Å². The van der Waals surface area contributed by atoms with E-state index in [9.17, 15) is 0 Å². The maximum absolute atomic E-state index is 5.85. The third-order valence-corrected chi connectivity index (χ3v) is 2.88. The summed E-state index contributed by atoms with van der Waals surface area (Å²) >= 11 is 0. The first kappa shape index (κ1) is 11.0. The molecule has 0 aromatic heterocycles. The van der Waals surface area contributed by atoms with E-state index in [1.165, 1.54) is 32.2 Å². The summed E-state index contributed by atoms with van der Waals surface area (Å²) in [6.07, 6.45) is 5.11. The van der Waals surface area contributed by atoms with Crippen LogP contribution in [0.3, 0.4) is 0 Å². The molecule has 0 aromatic rings. The second-order valence-corrected chi connectivity index (χ2v) is 4.83. The Kier molecular flexibility index (Phi) is 4.74. The standard InChI is InChI=1S/C11H24N2/c1-9(2)7-13-8-10-3-5-11(12)6-4-10/h9-11,13H,3-8,12H2,1-2H3. The van der Waals surface area contributed by atoms with Crippen molar-refractivity contribution in [3.05, 3.63) is 0 Å². The molecule has 0 unspecified atom stereocenters. The molecule has 1 aliphatic carbocycles. The Labute approximate surface area is 82.3 Å². The van der Waals surface area contributed by atoms with Crippen molar-refractivity contribution in [1.29, 1.82) is 0 Å². The van der Waals surface area contributed by atoms with Gasteiger partial charge in [-0.25, -0.2) is 0 Å². The van der Waals surface area contributed by atoms with Crippen molar-refractivity contribution in [2.75, 3.05) is 13.1 Å². The largest absolute Gasteiger partial charge is 0.328 e. The zero-order chi connectivity index (χ0) is 9.68. The second-order valence-electron chi connectivity index (χ2n) is 4.83. The lowest BCUT2D eigenvalue weighted by Crippen LogP contribution is -2.32. The van der Waals surface area contributed by atoms with Gasteiger partial charge in [0, 0.05) is 6.04 Å². The third-order valence-electron chi connectivity index (χ3n) is 2.88. The quantitative estimate of drug-likeness (QED) is 0.698. The maximum Gasteiger partial charge on any atom is 0.00390 e. The number of rotatable bonds is 4. The molecule has 0 spiro atoms. The van der Waals surface area contributed by atoms with Gasteiger partial charge in [0.15, 0.2) is 0 Å². The minimum Gasteiger partial charge on any atom is -0.328 e. The van der Waals surface area contributed by atoms with Gasteiger partial charge in [0.1, 0.15) is 0 Å². The minimum absolute atomic E-state index is 0.487. The molecule has 1 aliphatic rings. The summed E-state index contributed by atoms with van der Waals surface area (Å²) < 4.78 is 0. The Morgan fingerprint density at radius 1 is 1.23 bits per heavy atom. The highest BCUT2D eigenvalue weighted by molar-refractivity contribution is 4.75. The Balaban J connectivity index is 2.02. The van der Waals surface area contributed by atoms with Gasteiger partial charge in [-0.1, -0.05) is 13.8 Å². The summed E-state index contributed by atoms with van der Waals surface area (Å²) in [6, 6.07) is 0.487. The van der Waals surface area contributed by atoms with Crippen LogP contribution >= 0.6 is 0 Å². The summed E-state index contributed by atoms with van der Waals surface area (Å²) in [7, 11) is 0. The first-order valence-corrected chi connectivity index (χ1v) is 5.64. The molecule has 0 atom stereocenters. The minimum atomic E-state index is 0.487. The first-order chi connectivity index (χ1) is 6.18. The molecule has 13 heavy (non-hydrogen) atoms. The highest BCUT2D eigenvalue weighted by Gasteiger charge is 2.17. The predicted molar refractivity (Wildman–Crippen MR) is 57.6 cm³/mol. The lowest BCUT2D eigenvalue weighted by atomic mass is 9.86. The molecule has 1 rings (SSSR count). The van der Waals surface area contributed by atoms with Crippen LogP contribution in [0.4, 0.5) is 0 Å². The zero-order valence-corrected chi connectivity index (χ0v) is 9.05. The molecular formula is C11H24N2. The molecule has 0 radical (unpaired) electrons. The van der Waals surface area contributed by atoms with Crippen molar-refractivity contribution < 1.29 is 0 Å². The van der Waals surface area contributed by atoms with Crippen LogP contribution in [-0.2, 0) is 0 Å². The fourth-order valence-electron chi connectivity index (χ4n) is 1.97. The molecule has 0 aromatic carbocycles. The molecule has 1 saturated carbocycles. The van der Waals surface area contributed by atoms with E-state index in [1.807, 2.05) is 0 Å². The highest BCUT2D eigenvalue weighted by Crippen LogP contribution is 2.22. The number of hydrogen-bond acceptors (Lipinski definition) is 2. The molecule has 3 N–H and O–H groups in total. The van der Waals surface area contributed by atoms with Crippen LogP contribution < -0.4 is 11.1 Å². The Bertz CT molecular complexity index is 126. The number of nitrogens with one attached hydrogen (secondary N) is 1. The van der Waals surface area contributed by atoms with Gasteiger partial charge in [-0.2, -0.15) is 0 Å². The zero-order valence-electron chi connectivity index (χ0n) is 9.05. The fourth-order valence-corrected chi connectivity index (χ4v) is 1.97. The molecule has 78 valence electrons. The van der Waals surface area contributed by atoms with Crippen molar-refractivity contribution in [3.8, 4) is 0 Å². The SMILES string of the molecule is CC(C)CNCC1CCC(N)CC1. The second kappa shape index (κ2) is 5.61. The average molecular weight is 184 g/mol. The first-order valence-electron chi connectivity index (χ1n) is 5.64. The smallest absolute Gasteiger partial charge is 0.00390 e. The van der Waals surface area contributed by atoms with E-state index in [4.69, 9.17) is 5.73 Å². The van der Waals surface area contributed by atoms with E-state index in [0.29, 0.717) is 6.04 Å². The van der Waals surface area contributed by atoms with E-state index >= 15 is 0 Å². The highest BCUT2D eigenvalue weighted by atomic mass is 14.9. The van der Waals surface area contributed by atoms with Crippen LogP contribution in [0.5, 0.6) is 0 Å². The molecule has 1 fully saturated rings. The molecular weight excluding hydrogens is 160 g/mol. The van der Waals surface area contributed by atoms with Crippen LogP contribution in [0.1, 0.15) is 39.5 Å². The van der Waals surface area contributed by atoms with Crippen LogP contribution in [0.15, 0.2) is 0 Å². The Morgan fingerprint density at radius 2 is 1.85 bits per heavy atom. The third kappa shape index (κ3) is 4.63. The maximum atomic E-state index is 5.85. The van der Waals surface area contributed by atoms with Crippen LogP contribution in [0, 0.1) is 11.8 Å².